The molecule has 0 spiro atoms. The molecule has 1 unspecified atom stereocenters. The van der Waals surface area contributed by atoms with Gasteiger partial charge in [-0.25, -0.2) is 0 Å². The second-order valence-corrected chi connectivity index (χ2v) is 3.87. The molecule has 2 aromatic rings. The summed E-state index contributed by atoms with van der Waals surface area (Å²) in [6.07, 6.45) is -0.234. The summed E-state index contributed by atoms with van der Waals surface area (Å²) in [5.41, 5.74) is 10.9. The SMILES string of the molecule is CC(N)Oc1ccccc1.NC(=O)c1ccccc1. The molecule has 1 atom stereocenters. The zero-order valence-corrected chi connectivity index (χ0v) is 10.8. The van der Waals surface area contributed by atoms with Crippen LogP contribution in [0.25, 0.3) is 0 Å². The van der Waals surface area contributed by atoms with Crippen LogP contribution in [0.1, 0.15) is 17.3 Å². The highest BCUT2D eigenvalue weighted by atomic mass is 16.5. The molecule has 1 amide bonds. The molecule has 0 saturated carbocycles. The van der Waals surface area contributed by atoms with Gasteiger partial charge < -0.3 is 10.5 Å². The fraction of sp³-hybridized carbons (Fsp3) is 0.133. The van der Waals surface area contributed by atoms with Crippen LogP contribution in [0.5, 0.6) is 5.75 Å². The lowest BCUT2D eigenvalue weighted by molar-refractivity contribution is 0.100. The first-order valence-electron chi connectivity index (χ1n) is 5.91. The van der Waals surface area contributed by atoms with E-state index in [0.717, 1.165) is 5.75 Å². The Bertz CT molecular complexity index is 484. The maximum atomic E-state index is 10.4. The van der Waals surface area contributed by atoms with E-state index in [4.69, 9.17) is 16.2 Å². The van der Waals surface area contributed by atoms with Crippen LogP contribution in [0.2, 0.25) is 0 Å². The predicted molar refractivity (Wildman–Crippen MR) is 75.7 cm³/mol. The Hall–Kier alpha value is -2.33. The van der Waals surface area contributed by atoms with Crippen molar-refractivity contribution in [3.8, 4) is 5.75 Å². The van der Waals surface area contributed by atoms with Gasteiger partial charge in [-0.3, -0.25) is 10.5 Å². The summed E-state index contributed by atoms with van der Waals surface area (Å²) in [6, 6.07) is 18.3. The van der Waals surface area contributed by atoms with Crippen molar-refractivity contribution >= 4 is 5.91 Å². The Labute approximate surface area is 113 Å². The van der Waals surface area contributed by atoms with Crippen molar-refractivity contribution < 1.29 is 9.53 Å². The van der Waals surface area contributed by atoms with Crippen LogP contribution >= 0.6 is 0 Å². The molecule has 0 aliphatic carbocycles. The smallest absolute Gasteiger partial charge is 0.248 e. The van der Waals surface area contributed by atoms with Crippen LogP contribution in [0.15, 0.2) is 60.7 Å². The Morgan fingerprint density at radius 3 is 1.84 bits per heavy atom. The lowest BCUT2D eigenvalue weighted by Gasteiger charge is -2.07. The Morgan fingerprint density at radius 1 is 1.00 bits per heavy atom. The molecule has 4 heteroatoms. The van der Waals surface area contributed by atoms with Gasteiger partial charge >= 0.3 is 0 Å². The van der Waals surface area contributed by atoms with Crippen molar-refractivity contribution in [3.05, 3.63) is 66.2 Å². The molecule has 0 radical (unpaired) electrons. The summed E-state index contributed by atoms with van der Waals surface area (Å²) < 4.78 is 5.19. The molecule has 2 rings (SSSR count). The summed E-state index contributed by atoms with van der Waals surface area (Å²) in [6.45, 7) is 1.80. The second-order valence-electron chi connectivity index (χ2n) is 3.87. The fourth-order valence-electron chi connectivity index (χ4n) is 1.32. The van der Waals surface area contributed by atoms with Gasteiger partial charge in [-0.2, -0.15) is 0 Å². The number of amides is 1. The van der Waals surface area contributed by atoms with Crippen LogP contribution in [0.3, 0.4) is 0 Å². The zero-order chi connectivity index (χ0) is 14.1. The lowest BCUT2D eigenvalue weighted by atomic mass is 10.2. The van der Waals surface area contributed by atoms with Crippen molar-refractivity contribution in [2.24, 2.45) is 11.5 Å². The Balaban J connectivity index is 0.000000191. The molecule has 0 fully saturated rings. The Kier molecular flexibility index (Phi) is 6.12. The van der Waals surface area contributed by atoms with E-state index in [1.807, 2.05) is 36.4 Å². The third-order valence-corrected chi connectivity index (χ3v) is 2.12. The molecule has 19 heavy (non-hydrogen) atoms. The highest BCUT2D eigenvalue weighted by Gasteiger charge is 1.94. The van der Waals surface area contributed by atoms with Gasteiger partial charge in [0.25, 0.3) is 0 Å². The van der Waals surface area contributed by atoms with E-state index in [2.05, 4.69) is 0 Å². The third kappa shape index (κ3) is 6.24. The molecule has 0 aliphatic heterocycles. The summed E-state index contributed by atoms with van der Waals surface area (Å²) in [4.78, 5) is 10.4. The Morgan fingerprint density at radius 2 is 1.47 bits per heavy atom. The van der Waals surface area contributed by atoms with Gasteiger partial charge in [0.1, 0.15) is 12.0 Å². The molecular weight excluding hydrogens is 240 g/mol. The van der Waals surface area contributed by atoms with Crippen molar-refractivity contribution in [2.75, 3.05) is 0 Å². The van der Waals surface area contributed by atoms with E-state index >= 15 is 0 Å². The maximum Gasteiger partial charge on any atom is 0.248 e. The quantitative estimate of drug-likeness (QED) is 0.828. The largest absolute Gasteiger partial charge is 0.476 e. The summed E-state index contributed by atoms with van der Waals surface area (Å²) in [5.74, 6) is 0.438. The summed E-state index contributed by atoms with van der Waals surface area (Å²) in [5, 5.41) is 0. The first kappa shape index (κ1) is 14.7. The van der Waals surface area contributed by atoms with Gasteiger partial charge in [0.05, 0.1) is 0 Å². The maximum absolute atomic E-state index is 10.4. The molecule has 0 aromatic heterocycles. The first-order valence-corrected chi connectivity index (χ1v) is 5.91. The van der Waals surface area contributed by atoms with Gasteiger partial charge in [0.15, 0.2) is 0 Å². The van der Waals surface area contributed by atoms with Crippen molar-refractivity contribution in [1.29, 1.82) is 0 Å². The summed E-state index contributed by atoms with van der Waals surface area (Å²) >= 11 is 0. The topological polar surface area (TPSA) is 78.3 Å². The molecule has 0 heterocycles. The molecule has 4 N–H and O–H groups in total. The van der Waals surface area contributed by atoms with E-state index in [9.17, 15) is 4.79 Å². The van der Waals surface area contributed by atoms with Crippen LogP contribution < -0.4 is 16.2 Å². The van der Waals surface area contributed by atoms with Crippen LogP contribution in [-0.4, -0.2) is 12.1 Å². The number of rotatable bonds is 3. The highest BCUT2D eigenvalue weighted by Crippen LogP contribution is 2.08. The molecule has 0 bridgehead atoms. The number of para-hydroxylation sites is 1. The number of primary amides is 1. The van der Waals surface area contributed by atoms with E-state index in [1.165, 1.54) is 0 Å². The number of carbonyl (C=O) groups excluding carboxylic acids is 1. The number of ether oxygens (including phenoxy) is 1. The third-order valence-electron chi connectivity index (χ3n) is 2.12. The number of benzene rings is 2. The monoisotopic (exact) mass is 258 g/mol. The molecule has 4 nitrogen and oxygen atoms in total. The minimum atomic E-state index is -0.379. The van der Waals surface area contributed by atoms with Gasteiger partial charge in [-0.05, 0) is 31.2 Å². The van der Waals surface area contributed by atoms with Crippen LogP contribution in [0, 0.1) is 0 Å². The predicted octanol–water partition coefficient (Wildman–Crippen LogP) is 2.16. The number of nitrogens with two attached hydrogens (primary N) is 2. The zero-order valence-electron chi connectivity index (χ0n) is 10.8. The van der Waals surface area contributed by atoms with Crippen molar-refractivity contribution in [1.82, 2.24) is 0 Å². The van der Waals surface area contributed by atoms with Gasteiger partial charge in [-0.1, -0.05) is 36.4 Å². The molecular formula is C15H18N2O2. The molecule has 0 saturated heterocycles. The minimum absolute atomic E-state index is 0.234. The van der Waals surface area contributed by atoms with Gasteiger partial charge in [-0.15, -0.1) is 0 Å². The first-order chi connectivity index (χ1) is 9.09. The van der Waals surface area contributed by atoms with E-state index < -0.39 is 0 Å². The van der Waals surface area contributed by atoms with Crippen molar-refractivity contribution in [2.45, 2.75) is 13.2 Å². The van der Waals surface area contributed by atoms with E-state index in [1.54, 1.807) is 31.2 Å². The summed E-state index contributed by atoms with van der Waals surface area (Å²) in [7, 11) is 0. The second kappa shape index (κ2) is 7.89. The molecule has 2 aromatic carbocycles. The van der Waals surface area contributed by atoms with Crippen molar-refractivity contribution in [3.63, 3.8) is 0 Å². The fourth-order valence-corrected chi connectivity index (χ4v) is 1.32. The molecule has 0 aliphatic rings. The van der Waals surface area contributed by atoms with Gasteiger partial charge in [0.2, 0.25) is 5.91 Å². The standard InChI is InChI=1S/C8H11NO.C7H7NO/c1-7(9)10-8-5-3-2-4-6-8;8-7(9)6-4-2-1-3-5-6/h2-7H,9H2,1H3;1-5H,(H2,8,9). The average molecular weight is 258 g/mol. The normalized spacial score (nSPS) is 10.8. The minimum Gasteiger partial charge on any atom is -0.476 e. The van der Waals surface area contributed by atoms with E-state index in [0.29, 0.717) is 5.56 Å². The van der Waals surface area contributed by atoms with Gasteiger partial charge in [0, 0.05) is 5.56 Å². The van der Waals surface area contributed by atoms with Crippen LogP contribution in [0.4, 0.5) is 0 Å². The average Bonchev–Trinajstić information content (AvgIpc) is 2.41. The number of carbonyl (C=O) groups is 1. The number of hydrogen-bond donors (Lipinski definition) is 2. The molecule has 100 valence electrons. The van der Waals surface area contributed by atoms with E-state index in [-0.39, 0.29) is 12.1 Å². The highest BCUT2D eigenvalue weighted by molar-refractivity contribution is 5.92. The lowest BCUT2D eigenvalue weighted by Crippen LogP contribution is -2.22. The van der Waals surface area contributed by atoms with Crippen LogP contribution in [-0.2, 0) is 0 Å². The number of hydrogen-bond acceptors (Lipinski definition) is 3.